The maximum atomic E-state index is 11.2. The van der Waals surface area contributed by atoms with Crippen LogP contribution in [0.2, 0.25) is 0 Å². The number of fused-ring (bicyclic) bond motifs is 2. The molecule has 1 unspecified atom stereocenters. The van der Waals surface area contributed by atoms with Gasteiger partial charge in [-0.3, -0.25) is 4.79 Å². The van der Waals surface area contributed by atoms with E-state index < -0.39 is 0 Å². The molecule has 4 heteroatoms. The zero-order chi connectivity index (χ0) is 14.3. The second kappa shape index (κ2) is 4.78. The van der Waals surface area contributed by atoms with Gasteiger partial charge in [-0.05, 0) is 50.5 Å². The highest BCUT2D eigenvalue weighted by atomic mass is 16.5. The number of anilines is 1. The fourth-order valence-corrected chi connectivity index (χ4v) is 2.70. The van der Waals surface area contributed by atoms with Crippen molar-refractivity contribution >= 4 is 22.5 Å². The molecule has 2 aromatic rings. The highest BCUT2D eigenvalue weighted by Crippen LogP contribution is 2.33. The number of aryl methyl sites for hydroxylation is 1. The molecular weight excluding hydrogens is 252 g/mol. The molecule has 1 amide bonds. The molecule has 1 aliphatic heterocycles. The Morgan fingerprint density at radius 1 is 1.45 bits per heavy atom. The molecule has 1 aromatic heterocycles. The Kier molecular flexibility index (Phi) is 3.08. The van der Waals surface area contributed by atoms with E-state index in [0.717, 1.165) is 35.3 Å². The van der Waals surface area contributed by atoms with Crippen LogP contribution in [0.25, 0.3) is 10.9 Å². The first kappa shape index (κ1) is 12.9. The van der Waals surface area contributed by atoms with Gasteiger partial charge in [-0.15, -0.1) is 0 Å². The molecule has 0 spiro atoms. The first-order chi connectivity index (χ1) is 9.54. The lowest BCUT2D eigenvalue weighted by Crippen LogP contribution is -2.20. The Morgan fingerprint density at radius 3 is 3.00 bits per heavy atom. The van der Waals surface area contributed by atoms with E-state index in [-0.39, 0.29) is 12.0 Å². The molecule has 0 radical (unpaired) electrons. The van der Waals surface area contributed by atoms with Crippen molar-refractivity contribution in [1.29, 1.82) is 0 Å². The number of aromatic nitrogens is 1. The van der Waals surface area contributed by atoms with Crippen LogP contribution in [0.5, 0.6) is 5.88 Å². The van der Waals surface area contributed by atoms with Gasteiger partial charge in [-0.1, -0.05) is 0 Å². The van der Waals surface area contributed by atoms with Crippen molar-refractivity contribution in [2.45, 2.75) is 39.7 Å². The van der Waals surface area contributed by atoms with Crippen molar-refractivity contribution in [3.63, 3.8) is 0 Å². The van der Waals surface area contributed by atoms with E-state index >= 15 is 0 Å². The van der Waals surface area contributed by atoms with Crippen LogP contribution in [0.1, 0.15) is 31.4 Å². The Morgan fingerprint density at radius 2 is 2.25 bits per heavy atom. The van der Waals surface area contributed by atoms with E-state index in [1.165, 1.54) is 18.1 Å². The molecule has 0 saturated heterocycles. The third-order valence-electron chi connectivity index (χ3n) is 3.77. The molecule has 0 fully saturated rings. The fraction of sp³-hybridized carbons (Fsp3) is 0.375. The largest absolute Gasteiger partial charge is 0.474 e. The molecular formula is C16H18N2O2. The third-order valence-corrected chi connectivity index (χ3v) is 3.77. The summed E-state index contributed by atoms with van der Waals surface area (Å²) >= 11 is 0. The first-order valence-corrected chi connectivity index (χ1v) is 6.92. The van der Waals surface area contributed by atoms with Crippen LogP contribution < -0.4 is 10.1 Å². The molecule has 104 valence electrons. The summed E-state index contributed by atoms with van der Waals surface area (Å²) in [4.78, 5) is 15.8. The molecule has 2 heterocycles. The second-order valence-electron chi connectivity index (χ2n) is 5.40. The molecule has 4 nitrogen and oxygen atoms in total. The molecule has 0 bridgehead atoms. The van der Waals surface area contributed by atoms with Crippen LogP contribution >= 0.6 is 0 Å². The summed E-state index contributed by atoms with van der Waals surface area (Å²) in [6.07, 6.45) is 2.24. The maximum absolute atomic E-state index is 11.2. The van der Waals surface area contributed by atoms with Gasteiger partial charge in [0, 0.05) is 23.6 Å². The van der Waals surface area contributed by atoms with Gasteiger partial charge in [0.1, 0.15) is 0 Å². The minimum absolute atomic E-state index is 0.0647. The van der Waals surface area contributed by atoms with E-state index in [0.29, 0.717) is 0 Å². The topological polar surface area (TPSA) is 51.2 Å². The van der Waals surface area contributed by atoms with E-state index in [1.807, 2.05) is 18.2 Å². The number of nitrogens with one attached hydrogen (secondary N) is 1. The number of ether oxygens (including phenoxy) is 1. The average Bonchev–Trinajstić information content (AvgIpc) is 2.39. The average molecular weight is 270 g/mol. The summed E-state index contributed by atoms with van der Waals surface area (Å²) < 4.78 is 5.83. The number of hydrogen-bond acceptors (Lipinski definition) is 3. The van der Waals surface area contributed by atoms with Gasteiger partial charge < -0.3 is 10.1 Å². The predicted molar refractivity (Wildman–Crippen MR) is 79.2 cm³/mol. The van der Waals surface area contributed by atoms with Gasteiger partial charge in [-0.25, -0.2) is 4.98 Å². The third kappa shape index (κ3) is 2.22. The number of hydrogen-bond donors (Lipinski definition) is 1. The number of carbonyl (C=O) groups is 1. The molecule has 0 aliphatic carbocycles. The van der Waals surface area contributed by atoms with Crippen molar-refractivity contribution in [3.05, 3.63) is 29.3 Å². The molecule has 1 atom stereocenters. The summed E-state index contributed by atoms with van der Waals surface area (Å²) in [5.74, 6) is 0.700. The minimum Gasteiger partial charge on any atom is -0.474 e. The fourth-order valence-electron chi connectivity index (χ4n) is 2.70. The highest BCUT2D eigenvalue weighted by molar-refractivity contribution is 5.93. The Labute approximate surface area is 118 Å². The number of nitrogens with zero attached hydrogens (tertiary/aromatic N) is 1. The summed E-state index contributed by atoms with van der Waals surface area (Å²) in [5.41, 5.74) is 4.10. The zero-order valence-electron chi connectivity index (χ0n) is 12.0. The van der Waals surface area contributed by atoms with Crippen LogP contribution in [0.3, 0.4) is 0 Å². The standard InChI is InChI=1S/C16H18N2O2/c1-9-4-6-13-10(2)14-8-12(17-11(3)19)5-7-15(14)18-16(13)20-9/h5,7-9H,4,6H2,1-3H3,(H,17,19). The summed E-state index contributed by atoms with van der Waals surface area (Å²) in [6, 6.07) is 5.78. The van der Waals surface area contributed by atoms with Crippen LogP contribution in [0.15, 0.2) is 18.2 Å². The van der Waals surface area contributed by atoms with Gasteiger partial charge in [0.15, 0.2) is 0 Å². The van der Waals surface area contributed by atoms with Gasteiger partial charge in [-0.2, -0.15) is 0 Å². The smallest absolute Gasteiger partial charge is 0.221 e. The normalized spacial score (nSPS) is 17.4. The Balaban J connectivity index is 2.14. The van der Waals surface area contributed by atoms with Crippen LogP contribution in [-0.4, -0.2) is 17.0 Å². The summed E-state index contributed by atoms with van der Waals surface area (Å²) in [5, 5.41) is 3.89. The number of benzene rings is 1. The minimum atomic E-state index is -0.0647. The van der Waals surface area contributed by atoms with Crippen LogP contribution in [0, 0.1) is 6.92 Å². The van der Waals surface area contributed by atoms with Crippen molar-refractivity contribution < 1.29 is 9.53 Å². The van der Waals surface area contributed by atoms with Gasteiger partial charge in [0.05, 0.1) is 11.6 Å². The van der Waals surface area contributed by atoms with E-state index in [1.54, 1.807) is 0 Å². The van der Waals surface area contributed by atoms with Crippen LogP contribution in [-0.2, 0) is 11.2 Å². The molecule has 20 heavy (non-hydrogen) atoms. The van der Waals surface area contributed by atoms with E-state index in [2.05, 4.69) is 24.1 Å². The Hall–Kier alpha value is -2.10. The number of rotatable bonds is 1. The van der Waals surface area contributed by atoms with Crippen molar-refractivity contribution in [2.75, 3.05) is 5.32 Å². The maximum Gasteiger partial charge on any atom is 0.221 e. The van der Waals surface area contributed by atoms with Crippen molar-refractivity contribution in [2.24, 2.45) is 0 Å². The molecule has 1 aliphatic rings. The molecule has 1 aromatic carbocycles. The molecule has 0 saturated carbocycles. The number of pyridine rings is 1. The first-order valence-electron chi connectivity index (χ1n) is 6.92. The Bertz CT molecular complexity index is 694. The molecule has 1 N–H and O–H groups in total. The highest BCUT2D eigenvalue weighted by Gasteiger charge is 2.21. The summed E-state index contributed by atoms with van der Waals surface area (Å²) in [6.45, 7) is 5.68. The lowest BCUT2D eigenvalue weighted by molar-refractivity contribution is -0.114. The van der Waals surface area contributed by atoms with Gasteiger partial charge >= 0.3 is 0 Å². The quantitative estimate of drug-likeness (QED) is 0.865. The lowest BCUT2D eigenvalue weighted by atomic mass is 9.97. The molecule has 3 rings (SSSR count). The second-order valence-corrected chi connectivity index (χ2v) is 5.40. The zero-order valence-corrected chi connectivity index (χ0v) is 12.0. The van der Waals surface area contributed by atoms with Gasteiger partial charge in [0.2, 0.25) is 11.8 Å². The lowest BCUT2D eigenvalue weighted by Gasteiger charge is -2.24. The van der Waals surface area contributed by atoms with Crippen molar-refractivity contribution in [1.82, 2.24) is 4.98 Å². The summed E-state index contributed by atoms with van der Waals surface area (Å²) in [7, 11) is 0. The van der Waals surface area contributed by atoms with E-state index in [9.17, 15) is 4.79 Å². The number of carbonyl (C=O) groups excluding carboxylic acids is 1. The SMILES string of the molecule is CC(=O)Nc1ccc2nc3c(c(C)c2c1)CCC(C)O3. The van der Waals surface area contributed by atoms with Gasteiger partial charge in [0.25, 0.3) is 0 Å². The van der Waals surface area contributed by atoms with Crippen LogP contribution in [0.4, 0.5) is 5.69 Å². The monoisotopic (exact) mass is 270 g/mol. The predicted octanol–water partition coefficient (Wildman–Crippen LogP) is 3.22. The van der Waals surface area contributed by atoms with Crippen molar-refractivity contribution in [3.8, 4) is 5.88 Å². The van der Waals surface area contributed by atoms with E-state index in [4.69, 9.17) is 4.74 Å². The number of amides is 1.